The Hall–Kier alpha value is -2.93. The van der Waals surface area contributed by atoms with Crippen LogP contribution in [0.2, 0.25) is 0 Å². The molecule has 5 nitrogen and oxygen atoms in total. The van der Waals surface area contributed by atoms with Crippen molar-refractivity contribution in [2.75, 3.05) is 13.7 Å². The van der Waals surface area contributed by atoms with Crippen LogP contribution in [-0.2, 0) is 11.4 Å². The van der Waals surface area contributed by atoms with Crippen LogP contribution < -0.4 is 14.8 Å². The van der Waals surface area contributed by atoms with Gasteiger partial charge in [-0.1, -0.05) is 24.3 Å². The van der Waals surface area contributed by atoms with E-state index in [-0.39, 0.29) is 18.3 Å². The monoisotopic (exact) mass is 386 g/mol. The van der Waals surface area contributed by atoms with Gasteiger partial charge in [0.15, 0.2) is 16.6 Å². The van der Waals surface area contributed by atoms with Crippen LogP contribution in [-0.4, -0.2) is 29.6 Å². The summed E-state index contributed by atoms with van der Waals surface area (Å²) in [7, 11) is 1.61. The van der Waals surface area contributed by atoms with Crippen LogP contribution in [0.5, 0.6) is 11.5 Å². The molecule has 3 rings (SSSR count). The molecule has 1 heterocycles. The van der Waals surface area contributed by atoms with Gasteiger partial charge in [0, 0.05) is 12.6 Å². The van der Waals surface area contributed by atoms with E-state index in [1.807, 2.05) is 6.92 Å². The van der Waals surface area contributed by atoms with Crippen LogP contribution in [0.25, 0.3) is 6.08 Å². The fraction of sp³-hybridized carbons (Fsp3) is 0.200. The minimum Gasteiger partial charge on any atom is -0.490 e. The highest BCUT2D eigenvalue weighted by molar-refractivity contribution is 7.80. The normalized spacial score (nSPS) is 15.2. The maximum absolute atomic E-state index is 13.8. The van der Waals surface area contributed by atoms with Gasteiger partial charge in [0.25, 0.3) is 5.91 Å². The first-order valence-electron chi connectivity index (χ1n) is 8.43. The molecule has 1 amide bonds. The Morgan fingerprint density at radius 2 is 1.96 bits per heavy atom. The van der Waals surface area contributed by atoms with E-state index in [1.54, 1.807) is 49.5 Å². The summed E-state index contributed by atoms with van der Waals surface area (Å²) in [5.41, 5.74) is 1.61. The van der Waals surface area contributed by atoms with Crippen LogP contribution in [0.15, 0.2) is 48.2 Å². The third kappa shape index (κ3) is 4.25. The number of benzene rings is 2. The van der Waals surface area contributed by atoms with Crippen LogP contribution in [0.1, 0.15) is 18.1 Å². The maximum atomic E-state index is 13.8. The summed E-state index contributed by atoms with van der Waals surface area (Å²) < 4.78 is 25.1. The second kappa shape index (κ2) is 8.18. The molecule has 1 fully saturated rings. The fourth-order valence-corrected chi connectivity index (χ4v) is 2.76. The number of carbonyl (C=O) groups is 1. The molecule has 0 aromatic heterocycles. The first-order chi connectivity index (χ1) is 13.0. The Bertz CT molecular complexity index is 914. The number of rotatable bonds is 6. The molecule has 1 saturated heterocycles. The summed E-state index contributed by atoms with van der Waals surface area (Å²) in [5.74, 6) is 0.505. The minimum atomic E-state index is -0.317. The second-order valence-electron chi connectivity index (χ2n) is 5.87. The highest BCUT2D eigenvalue weighted by atomic mass is 32.1. The van der Waals surface area contributed by atoms with Gasteiger partial charge in [-0.2, -0.15) is 0 Å². The number of amides is 1. The molecule has 0 aliphatic carbocycles. The molecular formula is C20H19FN2O3S. The van der Waals surface area contributed by atoms with E-state index in [1.165, 1.54) is 11.0 Å². The van der Waals surface area contributed by atoms with E-state index in [0.29, 0.717) is 34.5 Å². The average molecular weight is 386 g/mol. The topological polar surface area (TPSA) is 50.8 Å². The molecule has 0 atom stereocenters. The Morgan fingerprint density at radius 1 is 1.19 bits per heavy atom. The van der Waals surface area contributed by atoms with Gasteiger partial charge in [0.1, 0.15) is 18.1 Å². The number of halogens is 1. The van der Waals surface area contributed by atoms with Gasteiger partial charge in [-0.3, -0.25) is 9.69 Å². The highest BCUT2D eigenvalue weighted by Crippen LogP contribution is 2.30. The molecular weight excluding hydrogens is 367 g/mol. The first-order valence-corrected chi connectivity index (χ1v) is 8.84. The standard InChI is InChI=1S/C20H19FN2O3S/c1-3-25-18-11-13(10-16-19(24)23(2)20(27)22-16)8-9-17(18)26-12-14-6-4-5-7-15(14)21/h4-11H,3,12H2,1-2H3,(H,22,27)/b16-10+. The zero-order valence-electron chi connectivity index (χ0n) is 15.0. The number of nitrogens with zero attached hydrogens (tertiary/aromatic N) is 1. The number of hydrogen-bond donors (Lipinski definition) is 1. The molecule has 0 radical (unpaired) electrons. The van der Waals surface area contributed by atoms with E-state index in [0.717, 1.165) is 5.56 Å². The molecule has 2 aromatic rings. The molecule has 1 N–H and O–H groups in total. The third-order valence-corrected chi connectivity index (χ3v) is 4.38. The number of hydrogen-bond acceptors (Lipinski definition) is 4. The molecule has 1 aliphatic rings. The van der Waals surface area contributed by atoms with Crippen LogP contribution in [0.3, 0.4) is 0 Å². The van der Waals surface area contributed by atoms with Crippen molar-refractivity contribution in [3.63, 3.8) is 0 Å². The summed E-state index contributed by atoms with van der Waals surface area (Å²) in [6.45, 7) is 2.40. The summed E-state index contributed by atoms with van der Waals surface area (Å²) in [6.07, 6.45) is 1.70. The number of nitrogens with one attached hydrogen (secondary N) is 1. The van der Waals surface area contributed by atoms with E-state index in [2.05, 4.69) is 5.32 Å². The molecule has 0 spiro atoms. The predicted molar refractivity (Wildman–Crippen MR) is 105 cm³/mol. The van der Waals surface area contributed by atoms with Crippen molar-refractivity contribution in [2.45, 2.75) is 13.5 Å². The Kier molecular flexibility index (Phi) is 5.71. The molecule has 140 valence electrons. The highest BCUT2D eigenvalue weighted by Gasteiger charge is 2.27. The van der Waals surface area contributed by atoms with Gasteiger partial charge in [0.05, 0.1) is 6.61 Å². The average Bonchev–Trinajstić information content (AvgIpc) is 2.89. The number of carbonyl (C=O) groups excluding carboxylic acids is 1. The molecule has 2 aromatic carbocycles. The predicted octanol–water partition coefficient (Wildman–Crippen LogP) is 3.49. The van der Waals surface area contributed by atoms with Gasteiger partial charge in [-0.25, -0.2) is 4.39 Å². The molecule has 0 bridgehead atoms. The summed E-state index contributed by atoms with van der Waals surface area (Å²) >= 11 is 5.07. The van der Waals surface area contributed by atoms with Gasteiger partial charge in [0.2, 0.25) is 0 Å². The first kappa shape index (κ1) is 18.8. The van der Waals surface area contributed by atoms with Crippen molar-refractivity contribution in [3.05, 3.63) is 65.1 Å². The van der Waals surface area contributed by atoms with Crippen molar-refractivity contribution in [1.82, 2.24) is 10.2 Å². The second-order valence-corrected chi connectivity index (χ2v) is 6.26. The molecule has 27 heavy (non-hydrogen) atoms. The maximum Gasteiger partial charge on any atom is 0.276 e. The van der Waals surface area contributed by atoms with Crippen molar-refractivity contribution in [3.8, 4) is 11.5 Å². The Labute approximate surface area is 162 Å². The minimum absolute atomic E-state index is 0.0896. The third-order valence-electron chi connectivity index (χ3n) is 4.00. The van der Waals surface area contributed by atoms with Crippen molar-refractivity contribution in [1.29, 1.82) is 0 Å². The van der Waals surface area contributed by atoms with Crippen molar-refractivity contribution < 1.29 is 18.7 Å². The van der Waals surface area contributed by atoms with E-state index < -0.39 is 0 Å². The zero-order chi connectivity index (χ0) is 19.4. The lowest BCUT2D eigenvalue weighted by Gasteiger charge is -2.13. The number of thiocarbonyl (C=S) groups is 1. The van der Waals surface area contributed by atoms with E-state index in [9.17, 15) is 9.18 Å². The van der Waals surface area contributed by atoms with Crippen LogP contribution in [0.4, 0.5) is 4.39 Å². The lowest BCUT2D eigenvalue weighted by atomic mass is 10.1. The van der Waals surface area contributed by atoms with Crippen molar-refractivity contribution in [2.24, 2.45) is 0 Å². The molecule has 1 aliphatic heterocycles. The summed E-state index contributed by atoms with van der Waals surface area (Å²) in [6, 6.07) is 11.8. The Balaban J connectivity index is 1.81. The Morgan fingerprint density at radius 3 is 2.63 bits per heavy atom. The summed E-state index contributed by atoms with van der Waals surface area (Å²) in [5, 5.41) is 3.24. The SMILES string of the molecule is CCOc1cc(/C=C2/NC(=S)N(C)C2=O)ccc1OCc1ccccc1F. The molecule has 7 heteroatoms. The van der Waals surface area contributed by atoms with Gasteiger partial charge < -0.3 is 14.8 Å². The van der Waals surface area contributed by atoms with Crippen LogP contribution in [0, 0.1) is 5.82 Å². The quantitative estimate of drug-likeness (QED) is 0.608. The molecule has 0 unspecified atom stereocenters. The van der Waals surface area contributed by atoms with Crippen molar-refractivity contribution >= 4 is 29.3 Å². The number of likely N-dealkylation sites (N-methyl/N-ethyl adjacent to an activating group) is 1. The lowest BCUT2D eigenvalue weighted by Crippen LogP contribution is -2.25. The fourth-order valence-electron chi connectivity index (χ4n) is 2.56. The number of ether oxygens (including phenoxy) is 2. The lowest BCUT2D eigenvalue weighted by molar-refractivity contribution is -0.121. The summed E-state index contributed by atoms with van der Waals surface area (Å²) in [4.78, 5) is 13.5. The zero-order valence-corrected chi connectivity index (χ0v) is 15.8. The smallest absolute Gasteiger partial charge is 0.276 e. The van der Waals surface area contributed by atoms with Gasteiger partial charge in [-0.15, -0.1) is 0 Å². The van der Waals surface area contributed by atoms with Gasteiger partial charge in [-0.05, 0) is 49.0 Å². The van der Waals surface area contributed by atoms with Crippen LogP contribution >= 0.6 is 12.2 Å². The van der Waals surface area contributed by atoms with E-state index in [4.69, 9.17) is 21.7 Å². The largest absolute Gasteiger partial charge is 0.490 e. The van der Waals surface area contributed by atoms with E-state index >= 15 is 0 Å². The van der Waals surface area contributed by atoms with Gasteiger partial charge >= 0.3 is 0 Å². The molecule has 0 saturated carbocycles.